The maximum absolute atomic E-state index is 12.8. The number of aliphatic hydroxyl groups is 1. The zero-order valence-electron chi connectivity index (χ0n) is 21.6. The SMILES string of the molecule is CC(C)(C)OC(=O)N[C@H](Cc1ccccc1)[C@@H](C[C@](O)(Cc1ccccc1)C(=O)O)O[Si](C)(C)C. The van der Waals surface area contributed by atoms with Crippen molar-refractivity contribution in [2.75, 3.05) is 0 Å². The largest absolute Gasteiger partial charge is 0.479 e. The molecule has 7 nitrogen and oxygen atoms in total. The van der Waals surface area contributed by atoms with E-state index in [0.29, 0.717) is 12.0 Å². The van der Waals surface area contributed by atoms with Gasteiger partial charge in [0.15, 0.2) is 13.9 Å². The number of hydrogen-bond donors (Lipinski definition) is 3. The molecular weight excluding hydrogens is 462 g/mol. The zero-order valence-corrected chi connectivity index (χ0v) is 22.6. The number of carboxylic acid groups (broad SMARTS) is 1. The van der Waals surface area contributed by atoms with Gasteiger partial charge in [0.25, 0.3) is 0 Å². The van der Waals surface area contributed by atoms with E-state index in [2.05, 4.69) is 5.32 Å². The topological polar surface area (TPSA) is 105 Å². The van der Waals surface area contributed by atoms with Gasteiger partial charge < -0.3 is 24.7 Å². The van der Waals surface area contributed by atoms with Crippen LogP contribution in [-0.2, 0) is 26.8 Å². The Labute approximate surface area is 209 Å². The Morgan fingerprint density at radius 3 is 1.91 bits per heavy atom. The maximum atomic E-state index is 12.8. The highest BCUT2D eigenvalue weighted by Crippen LogP contribution is 2.27. The molecule has 0 aromatic heterocycles. The van der Waals surface area contributed by atoms with Crippen molar-refractivity contribution in [2.24, 2.45) is 0 Å². The molecule has 192 valence electrons. The van der Waals surface area contributed by atoms with Crippen molar-refractivity contribution >= 4 is 20.4 Å². The van der Waals surface area contributed by atoms with E-state index in [9.17, 15) is 19.8 Å². The highest BCUT2D eigenvalue weighted by Gasteiger charge is 2.43. The lowest BCUT2D eigenvalue weighted by Crippen LogP contribution is -2.55. The number of benzene rings is 2. The number of alkyl carbamates (subject to hydrolysis) is 1. The number of aliphatic carboxylic acids is 1. The van der Waals surface area contributed by atoms with E-state index in [0.717, 1.165) is 5.56 Å². The molecule has 1 amide bonds. The Morgan fingerprint density at radius 1 is 0.943 bits per heavy atom. The molecular formula is C27H39NO6Si. The predicted octanol–water partition coefficient (Wildman–Crippen LogP) is 4.79. The first-order valence-corrected chi connectivity index (χ1v) is 15.3. The van der Waals surface area contributed by atoms with Crippen molar-refractivity contribution in [2.45, 2.75) is 83.0 Å². The highest BCUT2D eigenvalue weighted by molar-refractivity contribution is 6.69. The van der Waals surface area contributed by atoms with Gasteiger partial charge in [-0.25, -0.2) is 9.59 Å². The summed E-state index contributed by atoms with van der Waals surface area (Å²) in [6, 6.07) is 17.9. The fourth-order valence-electron chi connectivity index (χ4n) is 3.82. The summed E-state index contributed by atoms with van der Waals surface area (Å²) in [5, 5.41) is 24.3. The van der Waals surface area contributed by atoms with Gasteiger partial charge in [0.1, 0.15) is 5.60 Å². The summed E-state index contributed by atoms with van der Waals surface area (Å²) in [4.78, 5) is 25.1. The first kappa shape index (κ1) is 28.6. The number of nitrogens with one attached hydrogen (secondary N) is 1. The van der Waals surface area contributed by atoms with Crippen molar-refractivity contribution < 1.29 is 29.0 Å². The number of rotatable bonds is 11. The van der Waals surface area contributed by atoms with Crippen LogP contribution in [-0.4, -0.2) is 53.9 Å². The van der Waals surface area contributed by atoms with E-state index in [4.69, 9.17) is 9.16 Å². The smallest absolute Gasteiger partial charge is 0.407 e. The molecule has 0 heterocycles. The molecule has 0 saturated heterocycles. The maximum Gasteiger partial charge on any atom is 0.407 e. The Bertz CT molecular complexity index is 955. The summed E-state index contributed by atoms with van der Waals surface area (Å²) in [7, 11) is -2.22. The summed E-state index contributed by atoms with van der Waals surface area (Å²) in [5.74, 6) is -1.33. The Kier molecular flexibility index (Phi) is 9.65. The van der Waals surface area contributed by atoms with Crippen molar-refractivity contribution in [1.82, 2.24) is 5.32 Å². The normalized spacial score (nSPS) is 15.5. The van der Waals surface area contributed by atoms with Gasteiger partial charge in [-0.2, -0.15) is 0 Å². The van der Waals surface area contributed by atoms with Gasteiger partial charge in [0, 0.05) is 12.8 Å². The fraction of sp³-hybridized carbons (Fsp3) is 0.481. The molecule has 2 rings (SSSR count). The van der Waals surface area contributed by atoms with Crippen molar-refractivity contribution in [3.63, 3.8) is 0 Å². The molecule has 2 aromatic carbocycles. The third kappa shape index (κ3) is 10.2. The van der Waals surface area contributed by atoms with Gasteiger partial charge in [-0.1, -0.05) is 60.7 Å². The molecule has 0 spiro atoms. The van der Waals surface area contributed by atoms with E-state index in [1.54, 1.807) is 45.0 Å². The molecule has 8 heteroatoms. The number of carbonyl (C=O) groups is 2. The van der Waals surface area contributed by atoms with Crippen molar-refractivity contribution in [3.05, 3.63) is 71.8 Å². The van der Waals surface area contributed by atoms with Crippen LogP contribution < -0.4 is 5.32 Å². The van der Waals surface area contributed by atoms with Crippen molar-refractivity contribution in [3.8, 4) is 0 Å². The summed E-state index contributed by atoms with van der Waals surface area (Å²) >= 11 is 0. The zero-order chi connectivity index (χ0) is 26.3. The number of carboxylic acids is 1. The summed E-state index contributed by atoms with van der Waals surface area (Å²) in [6.45, 7) is 11.3. The van der Waals surface area contributed by atoms with Crippen LogP contribution >= 0.6 is 0 Å². The number of carbonyl (C=O) groups excluding carboxylic acids is 1. The molecule has 0 aliphatic carbocycles. The Balaban J connectivity index is 2.42. The lowest BCUT2D eigenvalue weighted by Gasteiger charge is -2.37. The fourth-order valence-corrected chi connectivity index (χ4v) is 4.98. The molecule has 35 heavy (non-hydrogen) atoms. The minimum Gasteiger partial charge on any atom is -0.479 e. The van der Waals surface area contributed by atoms with Crippen LogP contribution in [0, 0.1) is 0 Å². The van der Waals surface area contributed by atoms with E-state index >= 15 is 0 Å². The van der Waals surface area contributed by atoms with Gasteiger partial charge in [0.2, 0.25) is 0 Å². The minimum atomic E-state index is -2.22. The number of hydrogen-bond acceptors (Lipinski definition) is 5. The lowest BCUT2D eigenvalue weighted by molar-refractivity contribution is -0.161. The molecule has 0 fully saturated rings. The molecule has 3 N–H and O–H groups in total. The van der Waals surface area contributed by atoms with E-state index in [1.807, 2.05) is 56.0 Å². The Morgan fingerprint density at radius 2 is 1.46 bits per heavy atom. The van der Waals surface area contributed by atoms with Crippen LogP contribution in [0.3, 0.4) is 0 Å². The molecule has 3 atom stereocenters. The van der Waals surface area contributed by atoms with Crippen LogP contribution in [0.2, 0.25) is 19.6 Å². The molecule has 2 aromatic rings. The molecule has 0 saturated carbocycles. The van der Waals surface area contributed by atoms with Crippen LogP contribution in [0.15, 0.2) is 60.7 Å². The van der Waals surface area contributed by atoms with E-state index in [-0.39, 0.29) is 12.8 Å². The third-order valence-electron chi connectivity index (χ3n) is 5.23. The van der Waals surface area contributed by atoms with Gasteiger partial charge in [0.05, 0.1) is 12.1 Å². The second kappa shape index (κ2) is 11.8. The average Bonchev–Trinajstić information content (AvgIpc) is 2.72. The highest BCUT2D eigenvalue weighted by atomic mass is 28.4. The van der Waals surface area contributed by atoms with Gasteiger partial charge in [-0.3, -0.25) is 0 Å². The van der Waals surface area contributed by atoms with Gasteiger partial charge in [-0.05, 0) is 58.0 Å². The standard InChI is InChI=1S/C27H39NO6Si/c1-26(2,3)33-25(31)28-22(17-20-13-9-7-10-14-20)23(34-35(4,5)6)19-27(32,24(29)30)18-21-15-11-8-12-16-21/h7-16,22-23,32H,17-19H2,1-6H3,(H,28,31)(H,29,30)/t22-,23-,27-/m1/s1. The minimum absolute atomic E-state index is 0.0841. The summed E-state index contributed by atoms with van der Waals surface area (Å²) in [6.07, 6.45) is -1.28. The van der Waals surface area contributed by atoms with Crippen LogP contribution in [0.1, 0.15) is 38.3 Å². The monoisotopic (exact) mass is 501 g/mol. The molecule has 0 aliphatic rings. The van der Waals surface area contributed by atoms with Crippen LogP contribution in [0.5, 0.6) is 0 Å². The summed E-state index contributed by atoms with van der Waals surface area (Å²) in [5.41, 5.74) is -1.15. The quantitative estimate of drug-likeness (QED) is 0.382. The molecule has 0 bridgehead atoms. The van der Waals surface area contributed by atoms with Crippen LogP contribution in [0.25, 0.3) is 0 Å². The molecule has 0 unspecified atom stereocenters. The predicted molar refractivity (Wildman–Crippen MR) is 139 cm³/mol. The molecule has 0 aliphatic heterocycles. The van der Waals surface area contributed by atoms with Crippen molar-refractivity contribution in [1.29, 1.82) is 0 Å². The first-order valence-electron chi connectivity index (χ1n) is 11.9. The second-order valence-electron chi connectivity index (χ2n) is 10.9. The third-order valence-corrected chi connectivity index (χ3v) is 6.24. The van der Waals surface area contributed by atoms with Gasteiger partial charge >= 0.3 is 12.1 Å². The number of amides is 1. The van der Waals surface area contributed by atoms with Crippen LogP contribution in [0.4, 0.5) is 4.79 Å². The number of ether oxygens (including phenoxy) is 1. The second-order valence-corrected chi connectivity index (χ2v) is 15.4. The van der Waals surface area contributed by atoms with E-state index in [1.165, 1.54) is 0 Å². The molecule has 0 radical (unpaired) electrons. The lowest BCUT2D eigenvalue weighted by atomic mass is 9.85. The van der Waals surface area contributed by atoms with Gasteiger partial charge in [-0.15, -0.1) is 0 Å². The average molecular weight is 502 g/mol. The van der Waals surface area contributed by atoms with E-state index < -0.39 is 43.7 Å². The summed E-state index contributed by atoms with van der Waals surface area (Å²) < 4.78 is 11.9. The Hall–Kier alpha value is -2.68. The first-order chi connectivity index (χ1) is 16.2.